The van der Waals surface area contributed by atoms with E-state index in [0.717, 1.165) is 12.1 Å². The van der Waals surface area contributed by atoms with Crippen LogP contribution in [0.15, 0.2) is 59.7 Å². The summed E-state index contributed by atoms with van der Waals surface area (Å²) in [6.45, 7) is 18.8. The van der Waals surface area contributed by atoms with Crippen molar-refractivity contribution in [3.8, 4) is 0 Å². The number of halogens is 2. The van der Waals surface area contributed by atoms with Crippen molar-refractivity contribution < 1.29 is 15.6 Å². The summed E-state index contributed by atoms with van der Waals surface area (Å²) >= 11 is -4.71. The molecule has 4 rings (SSSR count). The SMILES string of the molecule is CC[SiH](CC)[Zr]([Cl])([Cl])([CH]1C(C(C)(C)C)=Cc2ccccc21)[CH]1C(C(C)(C)C)=Cc2ccccc21. The Morgan fingerprint density at radius 1 is 0.676 bits per heavy atom. The Morgan fingerprint density at radius 3 is 1.35 bits per heavy atom. The molecule has 2 aliphatic rings. The molecular weight excluding hydrogens is 551 g/mol. The molecular formula is C30H41Cl2SiZr. The third-order valence-electron chi connectivity index (χ3n) is 8.46. The Balaban J connectivity index is 2.11. The molecule has 0 saturated carbocycles. The standard InChI is InChI=1S/2C13H15.C4H11Si.2ClH.Zr/c2*1-13(2,3)12-8-10-6-4-5-7-11(10)9-12;1-3-5-4-2;;;/h2*4-9H,1-3H3;5H,3-4H2,1-2H3;2*1H;/q;;;;;+2/p-2. The van der Waals surface area contributed by atoms with Gasteiger partial charge < -0.3 is 0 Å². The summed E-state index contributed by atoms with van der Waals surface area (Å²) in [6.07, 6.45) is 4.88. The van der Waals surface area contributed by atoms with Gasteiger partial charge in [-0.2, -0.15) is 0 Å². The minimum atomic E-state index is -4.71. The van der Waals surface area contributed by atoms with Crippen LogP contribution in [0, 0.1) is 10.8 Å². The Labute approximate surface area is 216 Å². The van der Waals surface area contributed by atoms with Crippen LogP contribution in [-0.4, -0.2) is 5.92 Å². The summed E-state index contributed by atoms with van der Waals surface area (Å²) in [5, 5.41) is 0. The predicted octanol–water partition coefficient (Wildman–Crippen LogP) is 10.1. The predicted molar refractivity (Wildman–Crippen MR) is 153 cm³/mol. The van der Waals surface area contributed by atoms with Crippen LogP contribution in [0.5, 0.6) is 0 Å². The van der Waals surface area contributed by atoms with E-state index in [2.05, 4.69) is 116 Å². The molecule has 0 saturated heterocycles. The minimum absolute atomic E-state index is 0.00666. The first-order valence-electron chi connectivity index (χ1n) is 12.9. The number of allylic oxidation sites excluding steroid dienone is 2. The van der Waals surface area contributed by atoms with Crippen molar-refractivity contribution >= 4 is 35.1 Å². The van der Waals surface area contributed by atoms with Crippen LogP contribution >= 0.6 is 17.0 Å². The summed E-state index contributed by atoms with van der Waals surface area (Å²) in [5.74, 6) is -1.52. The molecule has 0 spiro atoms. The van der Waals surface area contributed by atoms with Crippen molar-refractivity contribution in [1.82, 2.24) is 0 Å². The zero-order valence-corrected chi connectivity index (χ0v) is 27.3. The van der Waals surface area contributed by atoms with Gasteiger partial charge in [-0.1, -0.05) is 0 Å². The van der Waals surface area contributed by atoms with E-state index in [1.807, 2.05) is 0 Å². The van der Waals surface area contributed by atoms with Gasteiger partial charge in [0.2, 0.25) is 0 Å². The zero-order valence-electron chi connectivity index (χ0n) is 22.2. The molecule has 2 aromatic carbocycles. The zero-order chi connectivity index (χ0) is 25.1. The molecule has 2 aliphatic carbocycles. The van der Waals surface area contributed by atoms with Crippen molar-refractivity contribution in [2.75, 3.05) is 0 Å². The van der Waals surface area contributed by atoms with Crippen molar-refractivity contribution in [2.45, 2.75) is 74.7 Å². The van der Waals surface area contributed by atoms with Crippen LogP contribution in [0.2, 0.25) is 12.1 Å². The number of benzene rings is 2. The van der Waals surface area contributed by atoms with E-state index in [1.165, 1.54) is 33.4 Å². The fraction of sp³-hybridized carbons (Fsp3) is 0.467. The van der Waals surface area contributed by atoms with Gasteiger partial charge in [0.25, 0.3) is 0 Å². The average Bonchev–Trinajstić information content (AvgIpc) is 3.35. The number of hydrogen-bond donors (Lipinski definition) is 0. The number of fused-ring (bicyclic) bond motifs is 2. The molecule has 2 atom stereocenters. The molecule has 0 aromatic heterocycles. The molecule has 34 heavy (non-hydrogen) atoms. The molecule has 0 heterocycles. The van der Waals surface area contributed by atoms with Crippen molar-refractivity contribution in [1.29, 1.82) is 0 Å². The van der Waals surface area contributed by atoms with Gasteiger partial charge in [0, 0.05) is 0 Å². The van der Waals surface area contributed by atoms with Crippen LogP contribution in [0.1, 0.15) is 84.9 Å². The summed E-state index contributed by atoms with van der Waals surface area (Å²) in [4.78, 5) is 0. The fourth-order valence-corrected chi connectivity index (χ4v) is 59.6. The molecule has 0 nitrogen and oxygen atoms in total. The summed E-state index contributed by atoms with van der Waals surface area (Å²) in [6, 6.07) is 20.2. The second-order valence-electron chi connectivity index (χ2n) is 12.6. The molecule has 0 aliphatic heterocycles. The van der Waals surface area contributed by atoms with Crippen molar-refractivity contribution in [3.63, 3.8) is 0 Å². The van der Waals surface area contributed by atoms with Gasteiger partial charge >= 0.3 is 218 Å². The van der Waals surface area contributed by atoms with E-state index in [-0.39, 0.29) is 18.1 Å². The van der Waals surface area contributed by atoms with Crippen molar-refractivity contribution in [2.24, 2.45) is 10.8 Å². The molecule has 2 aromatic rings. The van der Waals surface area contributed by atoms with E-state index in [9.17, 15) is 0 Å². The second-order valence-corrected chi connectivity index (χ2v) is 53.3. The van der Waals surface area contributed by atoms with E-state index in [4.69, 9.17) is 17.0 Å². The third-order valence-corrected chi connectivity index (χ3v) is 58.1. The Bertz CT molecular complexity index is 1080. The van der Waals surface area contributed by atoms with Gasteiger partial charge in [-0.25, -0.2) is 0 Å². The molecule has 0 N–H and O–H groups in total. The van der Waals surface area contributed by atoms with Gasteiger partial charge in [0.15, 0.2) is 0 Å². The maximum absolute atomic E-state index is 8.59. The fourth-order valence-electron chi connectivity index (χ4n) is 6.84. The molecule has 0 fully saturated rings. The van der Waals surface area contributed by atoms with Crippen LogP contribution in [0.4, 0.5) is 0 Å². The molecule has 0 bridgehead atoms. The van der Waals surface area contributed by atoms with E-state index in [1.54, 1.807) is 0 Å². The molecule has 0 amide bonds. The Hall–Kier alpha value is -0.400. The number of rotatable bonds is 5. The Morgan fingerprint density at radius 2 is 1.03 bits per heavy atom. The number of hydrogen-bond acceptors (Lipinski definition) is 0. The molecule has 183 valence electrons. The summed E-state index contributed by atoms with van der Waals surface area (Å²) < 4.78 is 0.332. The second kappa shape index (κ2) is 8.86. The van der Waals surface area contributed by atoms with Gasteiger partial charge in [-0.05, 0) is 0 Å². The topological polar surface area (TPSA) is 0 Å². The first kappa shape index (κ1) is 26.7. The van der Waals surface area contributed by atoms with E-state index in [0.29, 0.717) is 0 Å². The van der Waals surface area contributed by atoms with Gasteiger partial charge in [0.05, 0.1) is 0 Å². The van der Waals surface area contributed by atoms with Crippen LogP contribution in [-0.2, 0) is 15.6 Å². The van der Waals surface area contributed by atoms with Gasteiger partial charge in [-0.3, -0.25) is 0 Å². The monoisotopic (exact) mass is 589 g/mol. The maximum atomic E-state index is 8.59. The Kier molecular flexibility index (Phi) is 6.95. The average molecular weight is 592 g/mol. The third kappa shape index (κ3) is 4.04. The quantitative estimate of drug-likeness (QED) is 0.304. The summed E-state index contributed by atoms with van der Waals surface area (Å²) in [7, 11) is 17.2. The van der Waals surface area contributed by atoms with Crippen molar-refractivity contribution in [3.05, 3.63) is 81.9 Å². The van der Waals surface area contributed by atoms with E-state index >= 15 is 0 Å². The van der Waals surface area contributed by atoms with Crippen LogP contribution < -0.4 is 0 Å². The summed E-state index contributed by atoms with van der Waals surface area (Å²) in [5.41, 5.74) is 8.36. The molecule has 0 radical (unpaired) electrons. The first-order valence-corrected chi connectivity index (χ1v) is 28.6. The van der Waals surface area contributed by atoms with E-state index < -0.39 is 21.5 Å². The normalized spacial score (nSPS) is 21.6. The van der Waals surface area contributed by atoms with Gasteiger partial charge in [0.1, 0.15) is 0 Å². The molecule has 4 heteroatoms. The molecule has 2 unspecified atom stereocenters. The van der Waals surface area contributed by atoms with Crippen LogP contribution in [0.3, 0.4) is 0 Å². The first-order chi connectivity index (χ1) is 15.7. The van der Waals surface area contributed by atoms with Crippen LogP contribution in [0.25, 0.3) is 12.2 Å². The van der Waals surface area contributed by atoms with Gasteiger partial charge in [-0.15, -0.1) is 0 Å².